The molecule has 0 saturated carbocycles. The van der Waals surface area contributed by atoms with Gasteiger partial charge in [-0.1, -0.05) is 11.8 Å². The number of nitrogens with zero attached hydrogens (tertiary/aromatic N) is 5. The summed E-state index contributed by atoms with van der Waals surface area (Å²) < 4.78 is 5.33. The number of thioether (sulfide) groups is 1. The van der Waals surface area contributed by atoms with Gasteiger partial charge in [-0.15, -0.1) is 0 Å². The molecule has 0 spiro atoms. The maximum absolute atomic E-state index is 12.4. The van der Waals surface area contributed by atoms with Crippen LogP contribution >= 0.6 is 11.8 Å². The second-order valence-electron chi connectivity index (χ2n) is 6.92. The van der Waals surface area contributed by atoms with E-state index in [0.29, 0.717) is 29.9 Å². The summed E-state index contributed by atoms with van der Waals surface area (Å²) >= 11 is 1.48. The minimum absolute atomic E-state index is 0.0317. The van der Waals surface area contributed by atoms with E-state index < -0.39 is 0 Å². The first-order valence-corrected chi connectivity index (χ1v) is 10.2. The second kappa shape index (κ2) is 8.69. The molecule has 0 bridgehead atoms. The molecule has 1 unspecified atom stereocenters. The molecule has 3 heterocycles. The molecule has 0 aromatic carbocycles. The van der Waals surface area contributed by atoms with Gasteiger partial charge in [0.05, 0.1) is 18.7 Å². The number of nitriles is 1. The lowest BCUT2D eigenvalue weighted by molar-refractivity contribution is -0.134. The molecule has 0 radical (unpaired) electrons. The summed E-state index contributed by atoms with van der Waals surface area (Å²) in [6.45, 7) is 3.73. The smallest absolute Gasteiger partial charge is 0.227 e. The summed E-state index contributed by atoms with van der Waals surface area (Å²) in [5.41, 5.74) is 0.523. The van der Waals surface area contributed by atoms with Gasteiger partial charge in [0, 0.05) is 33.3 Å². The van der Waals surface area contributed by atoms with Crippen LogP contribution in [0.3, 0.4) is 0 Å². The van der Waals surface area contributed by atoms with Crippen molar-refractivity contribution in [2.24, 2.45) is 11.8 Å². The Morgan fingerprint density at radius 2 is 2.23 bits per heavy atom. The summed E-state index contributed by atoms with van der Waals surface area (Å²) in [6.07, 6.45) is 6.35. The van der Waals surface area contributed by atoms with Crippen LogP contribution in [-0.2, 0) is 9.53 Å². The van der Waals surface area contributed by atoms with Gasteiger partial charge in [0.1, 0.15) is 11.6 Å². The Morgan fingerprint density at radius 1 is 1.46 bits per heavy atom. The first-order valence-electron chi connectivity index (χ1n) is 9.01. The van der Waals surface area contributed by atoms with Crippen molar-refractivity contribution in [3.05, 3.63) is 11.8 Å². The van der Waals surface area contributed by atoms with E-state index >= 15 is 0 Å². The third-order valence-electron chi connectivity index (χ3n) is 5.15. The quantitative estimate of drug-likeness (QED) is 0.573. The number of rotatable bonds is 5. The zero-order chi connectivity index (χ0) is 18.5. The van der Waals surface area contributed by atoms with Crippen molar-refractivity contribution < 1.29 is 9.53 Å². The Balaban J connectivity index is 1.56. The normalized spacial score (nSPS) is 20.8. The lowest BCUT2D eigenvalue weighted by Gasteiger charge is -2.35. The van der Waals surface area contributed by atoms with E-state index in [4.69, 9.17) is 4.74 Å². The standard InChI is InChI=1S/C18H25N5O2S/c1-22(17(24)14-5-8-25-12-14)11-13-3-6-23(7-4-13)16-15(9-19)10-20-18(21-16)26-2/h10,13-14H,3-8,11-12H2,1-2H3. The highest BCUT2D eigenvalue weighted by atomic mass is 32.2. The van der Waals surface area contributed by atoms with Gasteiger partial charge in [-0.3, -0.25) is 4.79 Å². The van der Waals surface area contributed by atoms with E-state index in [1.54, 1.807) is 6.20 Å². The molecule has 26 heavy (non-hydrogen) atoms. The largest absolute Gasteiger partial charge is 0.381 e. The van der Waals surface area contributed by atoms with Gasteiger partial charge >= 0.3 is 0 Å². The molecule has 2 fully saturated rings. The molecule has 1 amide bonds. The number of hydrogen-bond acceptors (Lipinski definition) is 7. The molecule has 7 nitrogen and oxygen atoms in total. The summed E-state index contributed by atoms with van der Waals surface area (Å²) in [6, 6.07) is 2.19. The average Bonchev–Trinajstić information content (AvgIpc) is 3.22. The number of anilines is 1. The molecule has 140 valence electrons. The third kappa shape index (κ3) is 4.27. The number of aromatic nitrogens is 2. The molecular formula is C18H25N5O2S. The van der Waals surface area contributed by atoms with Crippen molar-refractivity contribution >= 4 is 23.5 Å². The number of hydrogen-bond donors (Lipinski definition) is 0. The molecule has 1 atom stereocenters. The first kappa shape index (κ1) is 18.9. The number of piperidine rings is 1. The Hall–Kier alpha value is -1.85. The van der Waals surface area contributed by atoms with E-state index in [-0.39, 0.29) is 11.8 Å². The molecular weight excluding hydrogens is 350 g/mol. The van der Waals surface area contributed by atoms with E-state index in [2.05, 4.69) is 20.9 Å². The fraction of sp³-hybridized carbons (Fsp3) is 0.667. The molecule has 2 aliphatic rings. The van der Waals surface area contributed by atoms with Gasteiger partial charge in [-0.25, -0.2) is 9.97 Å². The highest BCUT2D eigenvalue weighted by Crippen LogP contribution is 2.26. The Morgan fingerprint density at radius 3 is 2.85 bits per heavy atom. The van der Waals surface area contributed by atoms with Crippen LogP contribution in [0.2, 0.25) is 0 Å². The van der Waals surface area contributed by atoms with Crippen molar-refractivity contribution in [3.8, 4) is 6.07 Å². The molecule has 2 aliphatic heterocycles. The van der Waals surface area contributed by atoms with Crippen molar-refractivity contribution in [1.82, 2.24) is 14.9 Å². The van der Waals surface area contributed by atoms with Crippen molar-refractivity contribution in [3.63, 3.8) is 0 Å². The average molecular weight is 375 g/mol. The van der Waals surface area contributed by atoms with Crippen LogP contribution in [0.15, 0.2) is 11.4 Å². The number of ether oxygens (including phenoxy) is 1. The van der Waals surface area contributed by atoms with E-state index in [0.717, 1.165) is 44.7 Å². The Labute approximate surface area is 158 Å². The summed E-state index contributed by atoms with van der Waals surface area (Å²) in [5.74, 6) is 1.45. The van der Waals surface area contributed by atoms with Gasteiger partial charge in [0.15, 0.2) is 11.0 Å². The van der Waals surface area contributed by atoms with Gasteiger partial charge in [-0.05, 0) is 31.4 Å². The maximum atomic E-state index is 12.4. The van der Waals surface area contributed by atoms with Gasteiger partial charge in [0.2, 0.25) is 5.91 Å². The maximum Gasteiger partial charge on any atom is 0.227 e. The van der Waals surface area contributed by atoms with Crippen molar-refractivity contribution in [2.75, 3.05) is 51.1 Å². The monoisotopic (exact) mass is 375 g/mol. The van der Waals surface area contributed by atoms with Crippen LogP contribution in [0.5, 0.6) is 0 Å². The fourth-order valence-electron chi connectivity index (χ4n) is 3.62. The Kier molecular flexibility index (Phi) is 6.33. The van der Waals surface area contributed by atoms with Crippen LogP contribution in [0.25, 0.3) is 0 Å². The third-order valence-corrected chi connectivity index (χ3v) is 5.71. The van der Waals surface area contributed by atoms with E-state index in [1.807, 2.05) is 18.2 Å². The van der Waals surface area contributed by atoms with Crippen LogP contribution in [0.1, 0.15) is 24.8 Å². The minimum atomic E-state index is 0.0317. The second-order valence-corrected chi connectivity index (χ2v) is 7.69. The van der Waals surface area contributed by atoms with E-state index in [1.165, 1.54) is 11.8 Å². The van der Waals surface area contributed by atoms with Crippen LogP contribution in [-0.4, -0.2) is 66.9 Å². The zero-order valence-electron chi connectivity index (χ0n) is 15.3. The highest BCUT2D eigenvalue weighted by Gasteiger charge is 2.29. The highest BCUT2D eigenvalue weighted by molar-refractivity contribution is 7.98. The molecule has 8 heteroatoms. The minimum Gasteiger partial charge on any atom is -0.381 e. The zero-order valence-corrected chi connectivity index (χ0v) is 16.2. The SMILES string of the molecule is CSc1ncc(C#N)c(N2CCC(CN(C)C(=O)C3CCOC3)CC2)n1. The van der Waals surface area contributed by atoms with Crippen LogP contribution < -0.4 is 4.90 Å². The number of carbonyl (C=O) groups is 1. The van der Waals surface area contributed by atoms with Crippen LogP contribution in [0, 0.1) is 23.2 Å². The number of carbonyl (C=O) groups excluding carboxylic acids is 1. The molecule has 0 aliphatic carbocycles. The van der Waals surface area contributed by atoms with Gasteiger partial charge < -0.3 is 14.5 Å². The first-order chi connectivity index (χ1) is 12.6. The fourth-order valence-corrected chi connectivity index (χ4v) is 3.96. The molecule has 1 aromatic heterocycles. The lowest BCUT2D eigenvalue weighted by atomic mass is 9.95. The predicted octanol–water partition coefficient (Wildman–Crippen LogP) is 1.78. The van der Waals surface area contributed by atoms with Crippen LogP contribution in [0.4, 0.5) is 5.82 Å². The Bertz CT molecular complexity index is 679. The van der Waals surface area contributed by atoms with Gasteiger partial charge in [-0.2, -0.15) is 5.26 Å². The molecule has 0 N–H and O–H groups in total. The van der Waals surface area contributed by atoms with E-state index in [9.17, 15) is 10.1 Å². The molecule has 2 saturated heterocycles. The van der Waals surface area contributed by atoms with Crippen molar-refractivity contribution in [1.29, 1.82) is 5.26 Å². The molecule has 1 aromatic rings. The summed E-state index contributed by atoms with van der Waals surface area (Å²) in [4.78, 5) is 25.2. The lowest BCUT2D eigenvalue weighted by Crippen LogP contribution is -2.41. The summed E-state index contributed by atoms with van der Waals surface area (Å²) in [5, 5.41) is 10.0. The van der Waals surface area contributed by atoms with Gasteiger partial charge in [0.25, 0.3) is 0 Å². The number of amides is 1. The topological polar surface area (TPSA) is 82.4 Å². The van der Waals surface area contributed by atoms with Crippen molar-refractivity contribution in [2.45, 2.75) is 24.4 Å². The summed E-state index contributed by atoms with van der Waals surface area (Å²) in [7, 11) is 1.90. The molecule has 3 rings (SSSR count). The predicted molar refractivity (Wildman–Crippen MR) is 100 cm³/mol.